The number of aliphatic hydroxyl groups excluding tert-OH is 1. The SMILES string of the molecule is CC(C)=CCCC1(C)C(O)CCC2(C=O)C(C=O)=C(C)CCC21. The molecule has 0 aromatic carbocycles. The van der Waals surface area contributed by atoms with Gasteiger partial charge in [-0.2, -0.15) is 0 Å². The highest BCUT2D eigenvalue weighted by Crippen LogP contribution is 2.59. The summed E-state index contributed by atoms with van der Waals surface area (Å²) in [6.07, 6.45) is 8.35. The summed E-state index contributed by atoms with van der Waals surface area (Å²) in [5.74, 6) is 0.0470. The molecule has 23 heavy (non-hydrogen) atoms. The second kappa shape index (κ2) is 6.72. The van der Waals surface area contributed by atoms with Crippen LogP contribution in [-0.2, 0) is 9.59 Å². The highest BCUT2D eigenvalue weighted by molar-refractivity contribution is 5.86. The summed E-state index contributed by atoms with van der Waals surface area (Å²) in [6, 6.07) is 0. The molecule has 0 saturated heterocycles. The van der Waals surface area contributed by atoms with E-state index in [-0.39, 0.29) is 11.3 Å². The number of aldehydes is 2. The third kappa shape index (κ3) is 2.96. The third-order valence-corrected chi connectivity index (χ3v) is 6.34. The molecule has 0 bridgehead atoms. The quantitative estimate of drug-likeness (QED) is 0.615. The van der Waals surface area contributed by atoms with Crippen molar-refractivity contribution >= 4 is 12.6 Å². The van der Waals surface area contributed by atoms with Crippen LogP contribution in [0.1, 0.15) is 66.2 Å². The van der Waals surface area contributed by atoms with Gasteiger partial charge in [-0.25, -0.2) is 0 Å². The molecule has 0 spiro atoms. The van der Waals surface area contributed by atoms with Gasteiger partial charge in [-0.05, 0) is 70.6 Å². The van der Waals surface area contributed by atoms with E-state index in [1.807, 2.05) is 6.92 Å². The Labute approximate surface area is 139 Å². The zero-order valence-electron chi connectivity index (χ0n) is 14.9. The van der Waals surface area contributed by atoms with Crippen molar-refractivity contribution in [3.63, 3.8) is 0 Å². The lowest BCUT2D eigenvalue weighted by atomic mass is 9.48. The Morgan fingerprint density at radius 1 is 1.30 bits per heavy atom. The molecule has 0 aromatic heterocycles. The maximum atomic E-state index is 12.1. The van der Waals surface area contributed by atoms with Gasteiger partial charge in [0.15, 0.2) is 0 Å². The van der Waals surface area contributed by atoms with E-state index in [2.05, 4.69) is 26.8 Å². The molecule has 4 atom stereocenters. The van der Waals surface area contributed by atoms with E-state index in [4.69, 9.17) is 0 Å². The number of fused-ring (bicyclic) bond motifs is 1. The minimum absolute atomic E-state index is 0.0470. The van der Waals surface area contributed by atoms with Crippen molar-refractivity contribution in [3.8, 4) is 0 Å². The highest BCUT2D eigenvalue weighted by Gasteiger charge is 2.57. The first-order valence-electron chi connectivity index (χ1n) is 8.75. The minimum Gasteiger partial charge on any atom is -0.393 e. The van der Waals surface area contributed by atoms with Gasteiger partial charge < -0.3 is 9.90 Å². The maximum Gasteiger partial charge on any atom is 0.146 e. The van der Waals surface area contributed by atoms with E-state index in [0.29, 0.717) is 18.4 Å². The van der Waals surface area contributed by atoms with E-state index >= 15 is 0 Å². The Morgan fingerprint density at radius 2 is 2.00 bits per heavy atom. The summed E-state index contributed by atoms with van der Waals surface area (Å²) in [7, 11) is 0. The number of hydrogen-bond donors (Lipinski definition) is 1. The van der Waals surface area contributed by atoms with Crippen LogP contribution in [0.4, 0.5) is 0 Å². The Morgan fingerprint density at radius 3 is 2.57 bits per heavy atom. The van der Waals surface area contributed by atoms with E-state index < -0.39 is 11.5 Å². The topological polar surface area (TPSA) is 54.4 Å². The number of carbonyl (C=O) groups is 2. The van der Waals surface area contributed by atoms with E-state index in [1.165, 1.54) is 5.57 Å². The van der Waals surface area contributed by atoms with E-state index in [0.717, 1.165) is 43.8 Å². The molecule has 2 aliphatic carbocycles. The predicted molar refractivity (Wildman–Crippen MR) is 92.0 cm³/mol. The van der Waals surface area contributed by atoms with Gasteiger partial charge in [0, 0.05) is 5.57 Å². The van der Waals surface area contributed by atoms with Crippen LogP contribution in [0.15, 0.2) is 22.8 Å². The average molecular weight is 318 g/mol. The summed E-state index contributed by atoms with van der Waals surface area (Å²) in [6.45, 7) is 8.23. The van der Waals surface area contributed by atoms with Gasteiger partial charge in [-0.3, -0.25) is 4.79 Å². The highest BCUT2D eigenvalue weighted by atomic mass is 16.3. The Balaban J connectivity index is 2.43. The molecule has 2 rings (SSSR count). The molecular weight excluding hydrogens is 288 g/mol. The molecule has 1 N–H and O–H groups in total. The molecule has 0 amide bonds. The fourth-order valence-electron chi connectivity index (χ4n) is 4.93. The molecule has 1 saturated carbocycles. The smallest absolute Gasteiger partial charge is 0.146 e. The predicted octanol–water partition coefficient (Wildman–Crippen LogP) is 4.00. The van der Waals surface area contributed by atoms with Crippen molar-refractivity contribution in [3.05, 3.63) is 22.8 Å². The largest absolute Gasteiger partial charge is 0.393 e. The van der Waals surface area contributed by atoms with Gasteiger partial charge in [-0.1, -0.05) is 24.1 Å². The molecule has 0 radical (unpaired) electrons. The number of rotatable bonds is 5. The van der Waals surface area contributed by atoms with Gasteiger partial charge in [0.2, 0.25) is 0 Å². The van der Waals surface area contributed by atoms with Gasteiger partial charge in [0.05, 0.1) is 11.5 Å². The van der Waals surface area contributed by atoms with Crippen molar-refractivity contribution in [1.29, 1.82) is 0 Å². The van der Waals surface area contributed by atoms with Crippen molar-refractivity contribution < 1.29 is 14.7 Å². The van der Waals surface area contributed by atoms with Gasteiger partial charge in [-0.15, -0.1) is 0 Å². The van der Waals surface area contributed by atoms with Crippen molar-refractivity contribution in [2.24, 2.45) is 16.7 Å². The standard InChI is InChI=1S/C20H30O3/c1-14(2)6-5-10-19(4)17-8-7-15(3)16(12-21)20(17,13-22)11-9-18(19)23/h6,12-13,17-18,23H,5,7-11H2,1-4H3. The lowest BCUT2D eigenvalue weighted by Crippen LogP contribution is -2.55. The number of allylic oxidation sites excluding steroid dienone is 4. The summed E-state index contributed by atoms with van der Waals surface area (Å²) >= 11 is 0. The normalized spacial score (nSPS) is 37.1. The molecular formula is C20H30O3. The Kier molecular flexibility index (Phi) is 5.30. The first kappa shape index (κ1) is 18.1. The monoisotopic (exact) mass is 318 g/mol. The van der Waals surface area contributed by atoms with Crippen LogP contribution in [-0.4, -0.2) is 23.8 Å². The van der Waals surface area contributed by atoms with Crippen molar-refractivity contribution in [1.82, 2.24) is 0 Å². The van der Waals surface area contributed by atoms with Crippen LogP contribution >= 0.6 is 0 Å². The van der Waals surface area contributed by atoms with E-state index in [1.54, 1.807) is 0 Å². The third-order valence-electron chi connectivity index (χ3n) is 6.34. The molecule has 0 aromatic rings. The number of hydrogen-bond acceptors (Lipinski definition) is 3. The zero-order chi connectivity index (χ0) is 17.3. The molecule has 4 unspecified atom stereocenters. The van der Waals surface area contributed by atoms with E-state index in [9.17, 15) is 14.7 Å². The summed E-state index contributed by atoms with van der Waals surface area (Å²) < 4.78 is 0. The van der Waals surface area contributed by atoms with Gasteiger partial charge in [0.25, 0.3) is 0 Å². The van der Waals surface area contributed by atoms with Crippen LogP contribution in [0.3, 0.4) is 0 Å². The minimum atomic E-state index is -0.691. The molecule has 128 valence electrons. The average Bonchev–Trinajstić information content (AvgIpc) is 2.50. The fraction of sp³-hybridized carbons (Fsp3) is 0.700. The van der Waals surface area contributed by atoms with Crippen LogP contribution in [0.2, 0.25) is 0 Å². The maximum absolute atomic E-state index is 12.1. The molecule has 3 heteroatoms. The second-order valence-corrected chi connectivity index (χ2v) is 7.94. The molecule has 1 fully saturated rings. The zero-order valence-corrected chi connectivity index (χ0v) is 14.9. The molecule has 0 aliphatic heterocycles. The van der Waals surface area contributed by atoms with Crippen molar-refractivity contribution in [2.75, 3.05) is 0 Å². The van der Waals surface area contributed by atoms with Crippen LogP contribution in [0.5, 0.6) is 0 Å². The second-order valence-electron chi connectivity index (χ2n) is 7.94. The molecule has 0 heterocycles. The van der Waals surface area contributed by atoms with Crippen LogP contribution < -0.4 is 0 Å². The summed E-state index contributed by atoms with van der Waals surface area (Å²) in [5, 5.41) is 10.7. The fourth-order valence-corrected chi connectivity index (χ4v) is 4.93. The molecule has 2 aliphatic rings. The lowest BCUT2D eigenvalue weighted by molar-refractivity contribution is -0.140. The van der Waals surface area contributed by atoms with Gasteiger partial charge in [0.1, 0.15) is 12.6 Å². The summed E-state index contributed by atoms with van der Waals surface area (Å²) in [5.41, 5.74) is 1.99. The van der Waals surface area contributed by atoms with Crippen LogP contribution in [0, 0.1) is 16.7 Å². The number of aliphatic hydroxyl groups is 1. The van der Waals surface area contributed by atoms with Crippen LogP contribution in [0.25, 0.3) is 0 Å². The van der Waals surface area contributed by atoms with Crippen molar-refractivity contribution in [2.45, 2.75) is 72.3 Å². The van der Waals surface area contributed by atoms with Gasteiger partial charge >= 0.3 is 0 Å². The first-order valence-corrected chi connectivity index (χ1v) is 8.75. The number of carbonyl (C=O) groups excluding carboxylic acids is 2. The Bertz CT molecular complexity index is 541. The first-order chi connectivity index (χ1) is 10.8. The Hall–Kier alpha value is -1.22. The lowest BCUT2D eigenvalue weighted by Gasteiger charge is -2.56. The summed E-state index contributed by atoms with van der Waals surface area (Å²) in [4.78, 5) is 23.8. The molecule has 3 nitrogen and oxygen atoms in total.